The number of thiophene rings is 1. The van der Waals surface area contributed by atoms with Gasteiger partial charge in [-0.3, -0.25) is 0 Å². The van der Waals surface area contributed by atoms with Crippen LogP contribution in [0.3, 0.4) is 0 Å². The van der Waals surface area contributed by atoms with Crippen LogP contribution in [0.4, 0.5) is 10.6 Å². The minimum Gasteiger partial charge on any atom is -0.363 e. The van der Waals surface area contributed by atoms with Gasteiger partial charge in [0.2, 0.25) is 0 Å². The van der Waals surface area contributed by atoms with Crippen LogP contribution in [0.5, 0.6) is 0 Å². The van der Waals surface area contributed by atoms with E-state index in [-0.39, 0.29) is 6.03 Å². The van der Waals surface area contributed by atoms with Gasteiger partial charge in [-0.1, -0.05) is 6.07 Å². The highest BCUT2D eigenvalue weighted by Crippen LogP contribution is 2.09. The van der Waals surface area contributed by atoms with Crippen molar-refractivity contribution in [2.75, 3.05) is 19.0 Å². The Kier molecular flexibility index (Phi) is 4.95. The van der Waals surface area contributed by atoms with E-state index in [1.54, 1.807) is 17.5 Å². The molecule has 2 amide bonds. The molecule has 0 radical (unpaired) electrons. The summed E-state index contributed by atoms with van der Waals surface area (Å²) in [6.45, 7) is 1.04. The van der Waals surface area contributed by atoms with Crippen molar-refractivity contribution in [3.05, 3.63) is 46.3 Å². The Morgan fingerprint density at radius 2 is 2.10 bits per heavy atom. The molecule has 106 valence electrons. The largest absolute Gasteiger partial charge is 0.363 e. The van der Waals surface area contributed by atoms with Crippen LogP contribution < -0.4 is 15.5 Å². The number of aromatic nitrogens is 1. The second-order valence-electron chi connectivity index (χ2n) is 4.53. The van der Waals surface area contributed by atoms with Crippen molar-refractivity contribution in [1.82, 2.24) is 15.6 Å². The number of nitrogens with zero attached hydrogens (tertiary/aromatic N) is 2. The second-order valence-corrected chi connectivity index (χ2v) is 5.56. The second kappa shape index (κ2) is 6.91. The summed E-state index contributed by atoms with van der Waals surface area (Å²) in [6.07, 6.45) is 1.75. The number of carbonyl (C=O) groups is 1. The molecule has 5 nitrogen and oxygen atoms in total. The van der Waals surface area contributed by atoms with Crippen molar-refractivity contribution in [2.24, 2.45) is 0 Å². The maximum Gasteiger partial charge on any atom is 0.315 e. The first kappa shape index (κ1) is 14.3. The third-order valence-electron chi connectivity index (χ3n) is 2.72. The van der Waals surface area contributed by atoms with Crippen LogP contribution in [-0.4, -0.2) is 25.1 Å². The van der Waals surface area contributed by atoms with E-state index in [1.165, 1.54) is 0 Å². The first-order chi connectivity index (χ1) is 9.65. The van der Waals surface area contributed by atoms with Gasteiger partial charge in [0, 0.05) is 31.7 Å². The Morgan fingerprint density at radius 1 is 1.30 bits per heavy atom. The highest BCUT2D eigenvalue weighted by Gasteiger charge is 2.03. The molecule has 6 heteroatoms. The molecule has 0 aliphatic carbocycles. The quantitative estimate of drug-likeness (QED) is 0.887. The number of rotatable bonds is 5. The third kappa shape index (κ3) is 4.24. The molecule has 0 aromatic carbocycles. The van der Waals surface area contributed by atoms with Gasteiger partial charge in [-0.2, -0.15) is 0 Å². The van der Waals surface area contributed by atoms with Crippen LogP contribution in [-0.2, 0) is 13.1 Å². The molecule has 0 spiro atoms. The lowest BCUT2D eigenvalue weighted by Crippen LogP contribution is -2.34. The summed E-state index contributed by atoms with van der Waals surface area (Å²) in [5, 5.41) is 7.66. The van der Waals surface area contributed by atoms with E-state index in [0.29, 0.717) is 13.1 Å². The van der Waals surface area contributed by atoms with Gasteiger partial charge in [0.15, 0.2) is 0 Å². The summed E-state index contributed by atoms with van der Waals surface area (Å²) in [5.74, 6) is 0.878. The fraction of sp³-hybridized carbons (Fsp3) is 0.286. The van der Waals surface area contributed by atoms with Crippen LogP contribution in [0.1, 0.15) is 10.4 Å². The van der Waals surface area contributed by atoms with Crippen molar-refractivity contribution < 1.29 is 4.79 Å². The number of pyridine rings is 1. The Morgan fingerprint density at radius 3 is 2.80 bits per heavy atom. The average molecular weight is 290 g/mol. The van der Waals surface area contributed by atoms with Crippen LogP contribution in [0.2, 0.25) is 0 Å². The molecular formula is C14H18N4OS. The zero-order valence-corrected chi connectivity index (χ0v) is 12.4. The molecule has 0 aliphatic heterocycles. The normalized spacial score (nSPS) is 10.1. The smallest absolute Gasteiger partial charge is 0.315 e. The van der Waals surface area contributed by atoms with Crippen molar-refractivity contribution in [1.29, 1.82) is 0 Å². The van der Waals surface area contributed by atoms with E-state index in [1.807, 2.05) is 48.6 Å². The number of hydrogen-bond acceptors (Lipinski definition) is 4. The Balaban J connectivity index is 1.79. The fourth-order valence-corrected chi connectivity index (χ4v) is 2.29. The lowest BCUT2D eigenvalue weighted by Gasteiger charge is -2.12. The first-order valence-corrected chi connectivity index (χ1v) is 7.19. The van der Waals surface area contributed by atoms with Crippen molar-refractivity contribution in [3.8, 4) is 0 Å². The highest BCUT2D eigenvalue weighted by atomic mass is 32.1. The summed E-state index contributed by atoms with van der Waals surface area (Å²) < 4.78 is 0. The molecule has 0 atom stereocenters. The van der Waals surface area contributed by atoms with Crippen molar-refractivity contribution in [3.63, 3.8) is 0 Å². The van der Waals surface area contributed by atoms with E-state index in [9.17, 15) is 4.79 Å². The van der Waals surface area contributed by atoms with Crippen LogP contribution in [0.25, 0.3) is 0 Å². The molecule has 0 bridgehead atoms. The summed E-state index contributed by atoms with van der Waals surface area (Å²) in [6, 6.07) is 7.66. The summed E-state index contributed by atoms with van der Waals surface area (Å²) in [7, 11) is 3.88. The SMILES string of the molecule is CN(C)c1cc(CNC(=O)NCc2cccs2)ccn1. The standard InChI is InChI=1S/C14H18N4OS/c1-18(2)13-8-11(5-6-15-13)9-16-14(19)17-10-12-4-3-7-20-12/h3-8H,9-10H2,1-2H3,(H2,16,17,19). The molecule has 0 aliphatic rings. The molecule has 2 N–H and O–H groups in total. The predicted octanol–water partition coefficient (Wildman–Crippen LogP) is 2.21. The minimum absolute atomic E-state index is 0.165. The van der Waals surface area contributed by atoms with Crippen LogP contribution >= 0.6 is 11.3 Å². The zero-order chi connectivity index (χ0) is 14.4. The van der Waals surface area contributed by atoms with E-state index in [2.05, 4.69) is 15.6 Å². The van der Waals surface area contributed by atoms with Crippen molar-refractivity contribution in [2.45, 2.75) is 13.1 Å². The maximum atomic E-state index is 11.7. The molecule has 0 unspecified atom stereocenters. The van der Waals surface area contributed by atoms with Gasteiger partial charge in [0.25, 0.3) is 0 Å². The molecule has 2 aromatic heterocycles. The third-order valence-corrected chi connectivity index (χ3v) is 3.60. The monoisotopic (exact) mass is 290 g/mol. The van der Waals surface area contributed by atoms with Gasteiger partial charge in [-0.25, -0.2) is 9.78 Å². The summed E-state index contributed by atoms with van der Waals surface area (Å²) in [5.41, 5.74) is 1.02. The van der Waals surface area contributed by atoms with E-state index in [0.717, 1.165) is 16.3 Å². The molecule has 0 saturated heterocycles. The molecule has 2 heterocycles. The van der Waals surface area contributed by atoms with E-state index in [4.69, 9.17) is 0 Å². The number of nitrogens with one attached hydrogen (secondary N) is 2. The number of carbonyl (C=O) groups excluding carboxylic acids is 1. The average Bonchev–Trinajstić information content (AvgIpc) is 2.96. The van der Waals surface area contributed by atoms with E-state index < -0.39 is 0 Å². The maximum absolute atomic E-state index is 11.7. The predicted molar refractivity (Wildman–Crippen MR) is 82.0 cm³/mol. The Labute approximate surface area is 122 Å². The first-order valence-electron chi connectivity index (χ1n) is 6.31. The van der Waals surface area contributed by atoms with Crippen LogP contribution in [0, 0.1) is 0 Å². The fourth-order valence-electron chi connectivity index (χ4n) is 1.64. The van der Waals surface area contributed by atoms with Gasteiger partial charge < -0.3 is 15.5 Å². The zero-order valence-electron chi connectivity index (χ0n) is 11.6. The van der Waals surface area contributed by atoms with Gasteiger partial charge in [0.1, 0.15) is 5.82 Å². The van der Waals surface area contributed by atoms with E-state index >= 15 is 0 Å². The summed E-state index contributed by atoms with van der Waals surface area (Å²) in [4.78, 5) is 19.0. The number of anilines is 1. The number of amides is 2. The number of urea groups is 1. The lowest BCUT2D eigenvalue weighted by molar-refractivity contribution is 0.240. The van der Waals surface area contributed by atoms with Gasteiger partial charge >= 0.3 is 6.03 Å². The molecule has 2 aromatic rings. The van der Waals surface area contributed by atoms with Gasteiger partial charge in [0.05, 0.1) is 6.54 Å². The summed E-state index contributed by atoms with van der Waals surface area (Å²) >= 11 is 1.63. The topological polar surface area (TPSA) is 57.3 Å². The van der Waals surface area contributed by atoms with Crippen molar-refractivity contribution >= 4 is 23.2 Å². The van der Waals surface area contributed by atoms with Crippen LogP contribution in [0.15, 0.2) is 35.8 Å². The molecular weight excluding hydrogens is 272 g/mol. The minimum atomic E-state index is -0.165. The lowest BCUT2D eigenvalue weighted by atomic mass is 10.2. The molecule has 2 rings (SSSR count). The molecule has 20 heavy (non-hydrogen) atoms. The van der Waals surface area contributed by atoms with Gasteiger partial charge in [-0.05, 0) is 29.1 Å². The van der Waals surface area contributed by atoms with Gasteiger partial charge in [-0.15, -0.1) is 11.3 Å². The molecule has 0 fully saturated rings. The number of hydrogen-bond donors (Lipinski definition) is 2. The molecule has 0 saturated carbocycles. The Bertz CT molecular complexity index is 554. The highest BCUT2D eigenvalue weighted by molar-refractivity contribution is 7.09. The Hall–Kier alpha value is -2.08.